The Morgan fingerprint density at radius 2 is 2.22 bits per heavy atom. The normalized spacial score (nSPS) is 11.1. The van der Waals surface area contributed by atoms with Crippen molar-refractivity contribution in [2.45, 2.75) is 26.3 Å². The van der Waals surface area contributed by atoms with Gasteiger partial charge in [0.05, 0.1) is 15.9 Å². The summed E-state index contributed by atoms with van der Waals surface area (Å²) in [6.45, 7) is 2.47. The maximum atomic E-state index is 12.4. The molecular formula is C13H15ClN2O2. The first-order chi connectivity index (χ1) is 8.69. The number of aromatic nitrogens is 2. The second kappa shape index (κ2) is 5.50. The van der Waals surface area contributed by atoms with Crippen molar-refractivity contribution in [3.63, 3.8) is 0 Å². The standard InChI is InChI=1S/C13H15ClN2O2/c1-2-11-15-10-6-3-5-9(14)12(10)13(18)16(11)7-4-8-17/h3,5-6,17H,2,4,7-8H2,1H3. The van der Waals surface area contributed by atoms with E-state index in [4.69, 9.17) is 16.7 Å². The van der Waals surface area contributed by atoms with Crippen LogP contribution in [0.15, 0.2) is 23.0 Å². The largest absolute Gasteiger partial charge is 0.396 e. The highest BCUT2D eigenvalue weighted by Crippen LogP contribution is 2.18. The summed E-state index contributed by atoms with van der Waals surface area (Å²) in [7, 11) is 0. The number of hydrogen-bond donors (Lipinski definition) is 1. The van der Waals surface area contributed by atoms with E-state index >= 15 is 0 Å². The minimum absolute atomic E-state index is 0.0517. The number of hydrogen-bond acceptors (Lipinski definition) is 3. The van der Waals surface area contributed by atoms with E-state index in [1.807, 2.05) is 6.92 Å². The Bertz CT molecular complexity index is 622. The van der Waals surface area contributed by atoms with Gasteiger partial charge >= 0.3 is 0 Å². The highest BCUT2D eigenvalue weighted by atomic mass is 35.5. The maximum Gasteiger partial charge on any atom is 0.262 e. The Balaban J connectivity index is 2.71. The third-order valence-electron chi connectivity index (χ3n) is 2.87. The van der Waals surface area contributed by atoms with Crippen molar-refractivity contribution in [2.24, 2.45) is 0 Å². The fourth-order valence-electron chi connectivity index (χ4n) is 2.00. The predicted molar refractivity (Wildman–Crippen MR) is 72.1 cm³/mol. The molecule has 0 fully saturated rings. The smallest absolute Gasteiger partial charge is 0.262 e. The molecule has 0 aliphatic heterocycles. The number of aliphatic hydroxyl groups excluding tert-OH is 1. The topological polar surface area (TPSA) is 55.1 Å². The van der Waals surface area contributed by atoms with Gasteiger partial charge in [0.2, 0.25) is 0 Å². The molecule has 5 heteroatoms. The van der Waals surface area contributed by atoms with Gasteiger partial charge in [-0.05, 0) is 18.6 Å². The van der Waals surface area contributed by atoms with Gasteiger partial charge < -0.3 is 5.11 Å². The molecule has 0 bridgehead atoms. The molecule has 0 radical (unpaired) electrons. The molecule has 2 aromatic rings. The van der Waals surface area contributed by atoms with Crippen molar-refractivity contribution in [3.05, 3.63) is 39.4 Å². The molecule has 18 heavy (non-hydrogen) atoms. The van der Waals surface area contributed by atoms with Crippen LogP contribution in [-0.4, -0.2) is 21.3 Å². The first-order valence-corrected chi connectivity index (χ1v) is 6.35. The quantitative estimate of drug-likeness (QED) is 0.921. The molecule has 0 aliphatic carbocycles. The molecule has 0 unspecified atom stereocenters. The molecule has 2 rings (SSSR count). The molecule has 96 valence electrons. The van der Waals surface area contributed by atoms with Crippen LogP contribution >= 0.6 is 11.6 Å². The Hall–Kier alpha value is -1.39. The molecule has 0 saturated heterocycles. The zero-order valence-electron chi connectivity index (χ0n) is 10.2. The number of rotatable bonds is 4. The van der Waals surface area contributed by atoms with Gasteiger partial charge in [-0.25, -0.2) is 4.98 Å². The highest BCUT2D eigenvalue weighted by molar-refractivity contribution is 6.35. The Morgan fingerprint density at radius 3 is 2.89 bits per heavy atom. The zero-order valence-corrected chi connectivity index (χ0v) is 10.9. The predicted octanol–water partition coefficient (Wildman–Crippen LogP) is 1.99. The molecule has 1 N–H and O–H groups in total. The summed E-state index contributed by atoms with van der Waals surface area (Å²) in [6.07, 6.45) is 1.20. The third kappa shape index (κ3) is 2.26. The van der Waals surface area contributed by atoms with Crippen molar-refractivity contribution in [3.8, 4) is 0 Å². The van der Waals surface area contributed by atoms with Crippen molar-refractivity contribution in [2.75, 3.05) is 6.61 Å². The van der Waals surface area contributed by atoms with Crippen molar-refractivity contribution >= 4 is 22.5 Å². The van der Waals surface area contributed by atoms with E-state index in [1.165, 1.54) is 0 Å². The monoisotopic (exact) mass is 266 g/mol. The fourth-order valence-corrected chi connectivity index (χ4v) is 2.25. The van der Waals surface area contributed by atoms with Crippen molar-refractivity contribution < 1.29 is 5.11 Å². The Morgan fingerprint density at radius 1 is 1.44 bits per heavy atom. The molecule has 4 nitrogen and oxygen atoms in total. The summed E-state index contributed by atoms with van der Waals surface area (Å²) in [5.74, 6) is 0.725. The van der Waals surface area contributed by atoms with Crippen LogP contribution < -0.4 is 5.56 Å². The third-order valence-corrected chi connectivity index (χ3v) is 3.18. The van der Waals surface area contributed by atoms with Crippen LogP contribution in [0.1, 0.15) is 19.2 Å². The molecule has 0 spiro atoms. The lowest BCUT2D eigenvalue weighted by Gasteiger charge is -2.12. The van der Waals surface area contributed by atoms with Crippen molar-refractivity contribution in [1.82, 2.24) is 9.55 Å². The second-order valence-corrected chi connectivity index (χ2v) is 4.46. The minimum atomic E-state index is -0.129. The average Bonchev–Trinajstić information content (AvgIpc) is 2.37. The van der Waals surface area contributed by atoms with Gasteiger partial charge in [0, 0.05) is 19.6 Å². The molecule has 0 aliphatic rings. The summed E-state index contributed by atoms with van der Waals surface area (Å²) in [4.78, 5) is 16.9. The first kappa shape index (κ1) is 13.1. The van der Waals surface area contributed by atoms with E-state index in [2.05, 4.69) is 4.98 Å². The highest BCUT2D eigenvalue weighted by Gasteiger charge is 2.11. The molecule has 1 aromatic carbocycles. The Labute approximate surface area is 110 Å². The van der Waals surface area contributed by atoms with Crippen molar-refractivity contribution in [1.29, 1.82) is 0 Å². The van der Waals surface area contributed by atoms with Gasteiger partial charge in [-0.15, -0.1) is 0 Å². The number of aryl methyl sites for hydroxylation is 1. The molecule has 0 amide bonds. The molecule has 0 atom stereocenters. The van der Waals surface area contributed by atoms with E-state index in [0.29, 0.717) is 35.3 Å². The number of fused-ring (bicyclic) bond motifs is 1. The summed E-state index contributed by atoms with van der Waals surface area (Å²) in [5.41, 5.74) is 0.500. The fraction of sp³-hybridized carbons (Fsp3) is 0.385. The molecular weight excluding hydrogens is 252 g/mol. The van der Waals surface area contributed by atoms with E-state index < -0.39 is 0 Å². The summed E-state index contributed by atoms with van der Waals surface area (Å²) in [5, 5.41) is 9.76. The lowest BCUT2D eigenvalue weighted by atomic mass is 10.2. The van der Waals surface area contributed by atoms with Crippen LogP contribution in [0.4, 0.5) is 0 Å². The number of halogens is 1. The summed E-state index contributed by atoms with van der Waals surface area (Å²) >= 11 is 6.06. The van der Waals surface area contributed by atoms with Crippen LogP contribution in [0.3, 0.4) is 0 Å². The maximum absolute atomic E-state index is 12.4. The number of benzene rings is 1. The van der Waals surface area contributed by atoms with Crippen LogP contribution in [0, 0.1) is 0 Å². The van der Waals surface area contributed by atoms with Gasteiger partial charge in [0.15, 0.2) is 0 Å². The average molecular weight is 267 g/mol. The van der Waals surface area contributed by atoms with E-state index in [-0.39, 0.29) is 12.2 Å². The molecule has 1 heterocycles. The van der Waals surface area contributed by atoms with Crippen LogP contribution in [0.2, 0.25) is 5.02 Å². The van der Waals surface area contributed by atoms with E-state index in [0.717, 1.165) is 5.82 Å². The summed E-state index contributed by atoms with van der Waals surface area (Å²) in [6, 6.07) is 5.27. The second-order valence-electron chi connectivity index (χ2n) is 4.05. The van der Waals surface area contributed by atoms with Crippen LogP contribution in [0.5, 0.6) is 0 Å². The number of aliphatic hydroxyl groups is 1. The van der Waals surface area contributed by atoms with E-state index in [1.54, 1.807) is 22.8 Å². The molecule has 0 saturated carbocycles. The Kier molecular flexibility index (Phi) is 3.99. The first-order valence-electron chi connectivity index (χ1n) is 5.97. The van der Waals surface area contributed by atoms with Gasteiger partial charge in [0.25, 0.3) is 5.56 Å². The lowest BCUT2D eigenvalue weighted by Crippen LogP contribution is -2.26. The number of nitrogens with zero attached hydrogens (tertiary/aromatic N) is 2. The lowest BCUT2D eigenvalue weighted by molar-refractivity contribution is 0.278. The van der Waals surface area contributed by atoms with Crippen LogP contribution in [-0.2, 0) is 13.0 Å². The minimum Gasteiger partial charge on any atom is -0.396 e. The SMILES string of the molecule is CCc1nc2cccc(Cl)c2c(=O)n1CCCO. The zero-order chi connectivity index (χ0) is 13.1. The van der Waals surface area contributed by atoms with Gasteiger partial charge in [-0.1, -0.05) is 24.6 Å². The molecule has 1 aromatic heterocycles. The van der Waals surface area contributed by atoms with Crippen LogP contribution in [0.25, 0.3) is 10.9 Å². The van der Waals surface area contributed by atoms with E-state index in [9.17, 15) is 4.79 Å². The van der Waals surface area contributed by atoms with Gasteiger partial charge in [-0.2, -0.15) is 0 Å². The van der Waals surface area contributed by atoms with Gasteiger partial charge in [0.1, 0.15) is 5.82 Å². The van der Waals surface area contributed by atoms with Gasteiger partial charge in [-0.3, -0.25) is 9.36 Å². The summed E-state index contributed by atoms with van der Waals surface area (Å²) < 4.78 is 1.60.